The Bertz CT molecular complexity index is 444. The second-order valence-corrected chi connectivity index (χ2v) is 4.32. The van der Waals surface area contributed by atoms with Crippen LogP contribution in [0.25, 0.3) is 0 Å². The van der Waals surface area contributed by atoms with E-state index in [1.165, 1.54) is 13.0 Å². The molecule has 1 aromatic rings. The van der Waals surface area contributed by atoms with Crippen molar-refractivity contribution in [2.75, 3.05) is 19.6 Å². The summed E-state index contributed by atoms with van der Waals surface area (Å²) in [5, 5.41) is 5.72. The predicted molar refractivity (Wildman–Crippen MR) is 59.8 cm³/mol. The fraction of sp³-hybridized carbons (Fsp3) is 0.417. The van der Waals surface area contributed by atoms with Crippen LogP contribution in [0.1, 0.15) is 15.9 Å². The van der Waals surface area contributed by atoms with Gasteiger partial charge in [-0.15, -0.1) is 0 Å². The van der Waals surface area contributed by atoms with E-state index < -0.39 is 17.5 Å². The van der Waals surface area contributed by atoms with Crippen LogP contribution in [0.15, 0.2) is 12.1 Å². The van der Waals surface area contributed by atoms with E-state index in [2.05, 4.69) is 10.6 Å². The van der Waals surface area contributed by atoms with Gasteiger partial charge >= 0.3 is 0 Å². The van der Waals surface area contributed by atoms with Crippen molar-refractivity contribution in [1.82, 2.24) is 10.6 Å². The number of hydrogen-bond acceptors (Lipinski definition) is 2. The highest BCUT2D eigenvalue weighted by Crippen LogP contribution is 2.14. The van der Waals surface area contributed by atoms with Gasteiger partial charge < -0.3 is 10.6 Å². The number of halogens is 2. The molecule has 3 nitrogen and oxygen atoms in total. The SMILES string of the molecule is Cc1cc(C(=O)NCC2CNC2)c(F)cc1F. The molecule has 0 bridgehead atoms. The summed E-state index contributed by atoms with van der Waals surface area (Å²) in [5.41, 5.74) is 0.165. The maximum atomic E-state index is 13.4. The van der Waals surface area contributed by atoms with E-state index in [0.717, 1.165) is 19.2 Å². The highest BCUT2D eigenvalue weighted by molar-refractivity contribution is 5.94. The Morgan fingerprint density at radius 1 is 1.41 bits per heavy atom. The van der Waals surface area contributed by atoms with Gasteiger partial charge in [-0.05, 0) is 18.6 Å². The van der Waals surface area contributed by atoms with Gasteiger partial charge in [-0.3, -0.25) is 4.79 Å². The molecular weight excluding hydrogens is 226 g/mol. The predicted octanol–water partition coefficient (Wildman–Crippen LogP) is 1.22. The fourth-order valence-electron chi connectivity index (χ4n) is 1.66. The molecule has 1 aliphatic rings. The molecule has 92 valence electrons. The first kappa shape index (κ1) is 12.0. The molecule has 0 atom stereocenters. The van der Waals surface area contributed by atoms with Crippen LogP contribution in [0, 0.1) is 24.5 Å². The average molecular weight is 240 g/mol. The molecule has 1 aliphatic heterocycles. The van der Waals surface area contributed by atoms with Crippen molar-refractivity contribution >= 4 is 5.91 Å². The Labute approximate surface area is 98.2 Å². The smallest absolute Gasteiger partial charge is 0.254 e. The molecule has 1 amide bonds. The van der Waals surface area contributed by atoms with Gasteiger partial charge in [0.15, 0.2) is 0 Å². The molecule has 0 unspecified atom stereocenters. The number of aryl methyl sites for hydroxylation is 1. The number of benzene rings is 1. The lowest BCUT2D eigenvalue weighted by Crippen LogP contribution is -2.48. The number of hydrogen-bond donors (Lipinski definition) is 2. The minimum atomic E-state index is -0.822. The maximum Gasteiger partial charge on any atom is 0.254 e. The zero-order valence-corrected chi connectivity index (χ0v) is 9.52. The fourth-order valence-corrected chi connectivity index (χ4v) is 1.66. The van der Waals surface area contributed by atoms with Crippen LogP contribution in [0.3, 0.4) is 0 Å². The lowest BCUT2D eigenvalue weighted by atomic mass is 10.0. The van der Waals surface area contributed by atoms with Crippen molar-refractivity contribution in [2.24, 2.45) is 5.92 Å². The van der Waals surface area contributed by atoms with Crippen molar-refractivity contribution in [1.29, 1.82) is 0 Å². The number of carbonyl (C=O) groups excluding carboxylic acids is 1. The van der Waals surface area contributed by atoms with Crippen LogP contribution in [0.4, 0.5) is 8.78 Å². The van der Waals surface area contributed by atoms with Gasteiger partial charge in [0, 0.05) is 31.6 Å². The van der Waals surface area contributed by atoms with Crippen LogP contribution in [0.2, 0.25) is 0 Å². The lowest BCUT2D eigenvalue weighted by molar-refractivity contribution is 0.0938. The number of rotatable bonds is 3. The lowest BCUT2D eigenvalue weighted by Gasteiger charge is -2.27. The maximum absolute atomic E-state index is 13.4. The molecule has 0 radical (unpaired) electrons. The highest BCUT2D eigenvalue weighted by Gasteiger charge is 2.19. The molecule has 1 aromatic carbocycles. The van der Waals surface area contributed by atoms with Gasteiger partial charge in [-0.2, -0.15) is 0 Å². The van der Waals surface area contributed by atoms with Crippen LogP contribution >= 0.6 is 0 Å². The van der Waals surface area contributed by atoms with Crippen molar-refractivity contribution in [3.05, 3.63) is 34.9 Å². The third-order valence-corrected chi connectivity index (χ3v) is 2.91. The normalized spacial score (nSPS) is 15.5. The molecule has 1 saturated heterocycles. The zero-order valence-electron chi connectivity index (χ0n) is 9.52. The van der Waals surface area contributed by atoms with E-state index in [0.29, 0.717) is 12.5 Å². The number of nitrogens with one attached hydrogen (secondary N) is 2. The first-order valence-corrected chi connectivity index (χ1v) is 5.52. The van der Waals surface area contributed by atoms with Gasteiger partial charge in [0.05, 0.1) is 5.56 Å². The Morgan fingerprint density at radius 2 is 2.12 bits per heavy atom. The van der Waals surface area contributed by atoms with Crippen molar-refractivity contribution in [3.63, 3.8) is 0 Å². The largest absolute Gasteiger partial charge is 0.352 e. The van der Waals surface area contributed by atoms with Gasteiger partial charge in [0.25, 0.3) is 5.91 Å². The monoisotopic (exact) mass is 240 g/mol. The van der Waals surface area contributed by atoms with E-state index in [9.17, 15) is 13.6 Å². The van der Waals surface area contributed by atoms with Crippen LogP contribution in [-0.2, 0) is 0 Å². The highest BCUT2D eigenvalue weighted by atomic mass is 19.1. The Hall–Kier alpha value is -1.49. The average Bonchev–Trinajstić information content (AvgIpc) is 2.21. The second-order valence-electron chi connectivity index (χ2n) is 4.32. The van der Waals surface area contributed by atoms with E-state index >= 15 is 0 Å². The first-order valence-electron chi connectivity index (χ1n) is 5.52. The van der Waals surface area contributed by atoms with E-state index in [4.69, 9.17) is 0 Å². The third kappa shape index (κ3) is 2.61. The Morgan fingerprint density at radius 3 is 2.71 bits per heavy atom. The summed E-state index contributed by atoms with van der Waals surface area (Å²) in [6.07, 6.45) is 0. The van der Waals surface area contributed by atoms with E-state index in [-0.39, 0.29) is 11.1 Å². The van der Waals surface area contributed by atoms with E-state index in [1.54, 1.807) is 0 Å². The van der Waals surface area contributed by atoms with E-state index in [1.807, 2.05) is 0 Å². The molecule has 0 aliphatic carbocycles. The van der Waals surface area contributed by atoms with Crippen LogP contribution in [-0.4, -0.2) is 25.5 Å². The summed E-state index contributed by atoms with van der Waals surface area (Å²) in [4.78, 5) is 11.7. The van der Waals surface area contributed by atoms with Crippen molar-refractivity contribution < 1.29 is 13.6 Å². The Balaban J connectivity index is 2.04. The van der Waals surface area contributed by atoms with Gasteiger partial charge in [-0.1, -0.05) is 0 Å². The zero-order chi connectivity index (χ0) is 12.4. The summed E-state index contributed by atoms with van der Waals surface area (Å²) >= 11 is 0. The minimum absolute atomic E-state index is 0.101. The van der Waals surface area contributed by atoms with Crippen LogP contribution < -0.4 is 10.6 Å². The molecule has 2 rings (SSSR count). The molecule has 5 heteroatoms. The van der Waals surface area contributed by atoms with Crippen molar-refractivity contribution in [2.45, 2.75) is 6.92 Å². The molecule has 2 N–H and O–H groups in total. The summed E-state index contributed by atoms with van der Waals surface area (Å²) in [5.74, 6) is -1.54. The summed E-state index contributed by atoms with van der Waals surface area (Å²) < 4.78 is 26.4. The quantitative estimate of drug-likeness (QED) is 0.834. The standard InChI is InChI=1S/C12H14F2N2O/c1-7-2-9(11(14)3-10(7)13)12(17)16-6-8-4-15-5-8/h2-3,8,15H,4-6H2,1H3,(H,16,17). The summed E-state index contributed by atoms with van der Waals surface area (Å²) in [6.45, 7) is 3.75. The molecule has 0 aromatic heterocycles. The molecule has 17 heavy (non-hydrogen) atoms. The van der Waals surface area contributed by atoms with Gasteiger partial charge in [-0.25, -0.2) is 8.78 Å². The molecule has 0 spiro atoms. The number of amides is 1. The second kappa shape index (κ2) is 4.79. The third-order valence-electron chi connectivity index (χ3n) is 2.91. The minimum Gasteiger partial charge on any atom is -0.352 e. The molecule has 1 fully saturated rings. The van der Waals surface area contributed by atoms with Gasteiger partial charge in [0.2, 0.25) is 0 Å². The molecule has 0 saturated carbocycles. The summed E-state index contributed by atoms with van der Waals surface area (Å²) in [7, 11) is 0. The van der Waals surface area contributed by atoms with Crippen LogP contribution in [0.5, 0.6) is 0 Å². The number of carbonyl (C=O) groups is 1. The Kier molecular flexibility index (Phi) is 3.38. The first-order chi connectivity index (χ1) is 8.08. The summed E-state index contributed by atoms with van der Waals surface area (Å²) in [6, 6.07) is 1.98. The topological polar surface area (TPSA) is 41.1 Å². The molecule has 1 heterocycles. The molecular formula is C12H14F2N2O. The van der Waals surface area contributed by atoms with Crippen molar-refractivity contribution in [3.8, 4) is 0 Å². The van der Waals surface area contributed by atoms with Gasteiger partial charge in [0.1, 0.15) is 11.6 Å².